The molecule has 0 radical (unpaired) electrons. The molecule has 0 aliphatic carbocycles. The third-order valence-corrected chi connectivity index (χ3v) is 3.34. The lowest BCUT2D eigenvalue weighted by atomic mass is 10.0. The largest absolute Gasteiger partial charge is 0.493 e. The fourth-order valence-electron chi connectivity index (χ4n) is 2.03. The van der Waals surface area contributed by atoms with Gasteiger partial charge < -0.3 is 9.47 Å². The van der Waals surface area contributed by atoms with E-state index < -0.39 is 0 Å². The first kappa shape index (κ1) is 15.4. The second kappa shape index (κ2) is 7.70. The average Bonchev–Trinajstić information content (AvgIpc) is 2.51. The number of halogens is 1. The Hall–Kier alpha value is -2.00. The van der Waals surface area contributed by atoms with Gasteiger partial charge in [-0.2, -0.15) is 0 Å². The van der Waals surface area contributed by atoms with Gasteiger partial charge in [-0.3, -0.25) is 4.79 Å². The van der Waals surface area contributed by atoms with Gasteiger partial charge in [-0.1, -0.05) is 48.0 Å². The van der Waals surface area contributed by atoms with Crippen molar-refractivity contribution >= 4 is 17.6 Å². The van der Waals surface area contributed by atoms with Crippen LogP contribution in [0.1, 0.15) is 5.56 Å². The van der Waals surface area contributed by atoms with Crippen LogP contribution in [0.5, 0.6) is 5.75 Å². The Morgan fingerprint density at radius 3 is 2.57 bits per heavy atom. The third kappa shape index (κ3) is 4.80. The smallest absolute Gasteiger partial charge is 0.312 e. The Labute approximate surface area is 129 Å². The number of carbonyl (C=O) groups excluding carboxylic acids is 1. The summed E-state index contributed by atoms with van der Waals surface area (Å²) in [7, 11) is 1.39. The molecule has 0 heterocycles. The van der Waals surface area contributed by atoms with Crippen molar-refractivity contribution in [3.05, 3.63) is 65.2 Å². The molecule has 21 heavy (non-hydrogen) atoms. The van der Waals surface area contributed by atoms with Gasteiger partial charge in [0.15, 0.2) is 0 Å². The van der Waals surface area contributed by atoms with Crippen molar-refractivity contribution in [3.63, 3.8) is 0 Å². The highest BCUT2D eigenvalue weighted by Gasteiger charge is 2.20. The lowest BCUT2D eigenvalue weighted by Crippen LogP contribution is -2.25. The van der Waals surface area contributed by atoms with E-state index in [0.29, 0.717) is 17.2 Å². The highest BCUT2D eigenvalue weighted by molar-refractivity contribution is 6.30. The number of rotatable bonds is 6. The molecule has 2 aromatic rings. The van der Waals surface area contributed by atoms with Crippen molar-refractivity contribution < 1.29 is 14.3 Å². The molecule has 0 N–H and O–H groups in total. The van der Waals surface area contributed by atoms with E-state index in [1.54, 1.807) is 12.1 Å². The summed E-state index contributed by atoms with van der Waals surface area (Å²) in [5.41, 5.74) is 1.07. The van der Waals surface area contributed by atoms with Crippen molar-refractivity contribution in [2.24, 2.45) is 5.92 Å². The maximum atomic E-state index is 11.9. The first-order valence-corrected chi connectivity index (χ1v) is 7.07. The van der Waals surface area contributed by atoms with E-state index in [0.717, 1.165) is 5.56 Å². The Bertz CT molecular complexity index is 584. The quantitative estimate of drug-likeness (QED) is 0.762. The molecule has 4 heteroatoms. The highest BCUT2D eigenvalue weighted by atomic mass is 35.5. The van der Waals surface area contributed by atoms with Crippen LogP contribution in [-0.2, 0) is 16.0 Å². The van der Waals surface area contributed by atoms with Crippen molar-refractivity contribution in [2.45, 2.75) is 6.42 Å². The van der Waals surface area contributed by atoms with E-state index in [2.05, 4.69) is 0 Å². The zero-order valence-corrected chi connectivity index (χ0v) is 12.5. The molecule has 0 aliphatic rings. The summed E-state index contributed by atoms with van der Waals surface area (Å²) in [5.74, 6) is 0.0155. The van der Waals surface area contributed by atoms with Gasteiger partial charge in [0.25, 0.3) is 0 Å². The molecule has 0 fully saturated rings. The van der Waals surface area contributed by atoms with E-state index in [4.69, 9.17) is 21.1 Å². The average molecular weight is 305 g/mol. The van der Waals surface area contributed by atoms with Gasteiger partial charge in [0.1, 0.15) is 12.4 Å². The number of esters is 1. The topological polar surface area (TPSA) is 35.5 Å². The Morgan fingerprint density at radius 1 is 1.14 bits per heavy atom. The van der Waals surface area contributed by atoms with Crippen LogP contribution >= 0.6 is 11.6 Å². The van der Waals surface area contributed by atoms with Crippen LogP contribution in [0.15, 0.2) is 54.6 Å². The summed E-state index contributed by atoms with van der Waals surface area (Å²) >= 11 is 5.91. The molecule has 2 rings (SSSR count). The van der Waals surface area contributed by atoms with Gasteiger partial charge >= 0.3 is 5.97 Å². The molecular formula is C17H17ClO3. The molecule has 1 unspecified atom stereocenters. The van der Waals surface area contributed by atoms with Crippen molar-refractivity contribution in [2.75, 3.05) is 13.7 Å². The summed E-state index contributed by atoms with van der Waals surface area (Å²) in [4.78, 5) is 11.9. The number of benzene rings is 2. The minimum absolute atomic E-state index is 0.252. The Morgan fingerprint density at radius 2 is 1.90 bits per heavy atom. The molecule has 0 aliphatic heterocycles. The predicted octanol–water partition coefficient (Wildman–Crippen LogP) is 3.75. The monoisotopic (exact) mass is 304 g/mol. The molecule has 0 bridgehead atoms. The second-order valence-electron chi connectivity index (χ2n) is 4.68. The molecule has 110 valence electrons. The number of hydrogen-bond donors (Lipinski definition) is 0. The lowest BCUT2D eigenvalue weighted by Gasteiger charge is -2.16. The fraction of sp³-hybridized carbons (Fsp3) is 0.235. The molecular weight excluding hydrogens is 288 g/mol. The Kier molecular flexibility index (Phi) is 5.64. The standard InChI is InChI=1S/C17H17ClO3/c1-20-17(19)14(10-13-6-3-2-4-7-13)12-21-16-9-5-8-15(18)11-16/h2-9,11,14H,10,12H2,1H3. The first-order chi connectivity index (χ1) is 10.2. The molecule has 0 saturated heterocycles. The fourth-order valence-corrected chi connectivity index (χ4v) is 2.21. The maximum Gasteiger partial charge on any atom is 0.312 e. The van der Waals surface area contributed by atoms with Crippen molar-refractivity contribution in [3.8, 4) is 5.75 Å². The van der Waals surface area contributed by atoms with Crippen LogP contribution in [0.2, 0.25) is 5.02 Å². The van der Waals surface area contributed by atoms with Crippen molar-refractivity contribution in [1.82, 2.24) is 0 Å². The van der Waals surface area contributed by atoms with Gasteiger partial charge in [-0.25, -0.2) is 0 Å². The van der Waals surface area contributed by atoms with Crippen LogP contribution in [0.3, 0.4) is 0 Å². The van der Waals surface area contributed by atoms with Gasteiger partial charge in [0.2, 0.25) is 0 Å². The minimum Gasteiger partial charge on any atom is -0.493 e. The van der Waals surface area contributed by atoms with E-state index in [1.807, 2.05) is 42.5 Å². The summed E-state index contributed by atoms with van der Waals surface area (Å²) < 4.78 is 10.5. The normalized spacial score (nSPS) is 11.7. The van der Waals surface area contributed by atoms with E-state index in [9.17, 15) is 4.79 Å². The van der Waals surface area contributed by atoms with E-state index in [1.165, 1.54) is 7.11 Å². The van der Waals surface area contributed by atoms with Crippen LogP contribution in [-0.4, -0.2) is 19.7 Å². The van der Waals surface area contributed by atoms with Gasteiger partial charge in [-0.05, 0) is 30.2 Å². The van der Waals surface area contributed by atoms with Crippen LogP contribution in [0.25, 0.3) is 0 Å². The lowest BCUT2D eigenvalue weighted by molar-refractivity contribution is -0.146. The summed E-state index contributed by atoms with van der Waals surface area (Å²) in [6, 6.07) is 16.9. The first-order valence-electron chi connectivity index (χ1n) is 6.69. The molecule has 0 aromatic heterocycles. The van der Waals surface area contributed by atoms with Crippen LogP contribution < -0.4 is 4.74 Å². The Balaban J connectivity index is 2.01. The number of carbonyl (C=O) groups is 1. The zero-order valence-electron chi connectivity index (χ0n) is 11.8. The van der Waals surface area contributed by atoms with Gasteiger partial charge in [0.05, 0.1) is 13.0 Å². The van der Waals surface area contributed by atoms with Gasteiger partial charge in [0, 0.05) is 5.02 Å². The van der Waals surface area contributed by atoms with Crippen LogP contribution in [0, 0.1) is 5.92 Å². The predicted molar refractivity (Wildman–Crippen MR) is 82.6 cm³/mol. The summed E-state index contributed by atoms with van der Waals surface area (Å²) in [5, 5.41) is 0.602. The maximum absolute atomic E-state index is 11.9. The third-order valence-electron chi connectivity index (χ3n) is 3.11. The molecule has 2 aromatic carbocycles. The number of methoxy groups -OCH3 is 1. The van der Waals surface area contributed by atoms with Crippen LogP contribution in [0.4, 0.5) is 0 Å². The number of ether oxygens (including phenoxy) is 2. The summed E-state index contributed by atoms with van der Waals surface area (Å²) in [6.07, 6.45) is 0.577. The summed E-state index contributed by atoms with van der Waals surface area (Å²) in [6.45, 7) is 0.252. The second-order valence-corrected chi connectivity index (χ2v) is 5.11. The van der Waals surface area contributed by atoms with E-state index in [-0.39, 0.29) is 18.5 Å². The van der Waals surface area contributed by atoms with Crippen molar-refractivity contribution in [1.29, 1.82) is 0 Å². The molecule has 0 spiro atoms. The highest BCUT2D eigenvalue weighted by Crippen LogP contribution is 2.19. The van der Waals surface area contributed by atoms with E-state index >= 15 is 0 Å². The molecule has 0 amide bonds. The zero-order chi connectivity index (χ0) is 15.1. The SMILES string of the molecule is COC(=O)C(COc1cccc(Cl)c1)Cc1ccccc1. The molecule has 1 atom stereocenters. The van der Waals surface area contributed by atoms with Gasteiger partial charge in [-0.15, -0.1) is 0 Å². The molecule has 3 nitrogen and oxygen atoms in total. The minimum atomic E-state index is -0.351. The molecule has 0 saturated carbocycles. The number of hydrogen-bond acceptors (Lipinski definition) is 3.